The summed E-state index contributed by atoms with van der Waals surface area (Å²) in [6, 6.07) is 11.4. The van der Waals surface area contributed by atoms with E-state index in [4.69, 9.17) is 16.4 Å². The second kappa shape index (κ2) is 10.7. The van der Waals surface area contributed by atoms with E-state index >= 15 is 0 Å². The van der Waals surface area contributed by atoms with Crippen LogP contribution in [0.2, 0.25) is 0 Å². The van der Waals surface area contributed by atoms with Crippen molar-refractivity contribution in [2.24, 2.45) is 23.5 Å². The van der Waals surface area contributed by atoms with E-state index in [1.165, 1.54) is 16.7 Å². The second-order valence-corrected chi connectivity index (χ2v) is 10.3. The van der Waals surface area contributed by atoms with Crippen LogP contribution in [-0.2, 0) is 26.7 Å². The van der Waals surface area contributed by atoms with Crippen LogP contribution in [0.1, 0.15) is 19.4 Å². The van der Waals surface area contributed by atoms with Crippen molar-refractivity contribution in [1.29, 1.82) is 0 Å². The highest BCUT2D eigenvalue weighted by Gasteiger charge is 2.60. The maximum absolute atomic E-state index is 12.7. The first kappa shape index (κ1) is 26.1. The second-order valence-electron chi connectivity index (χ2n) is 9.35. The van der Waals surface area contributed by atoms with Crippen LogP contribution in [0.3, 0.4) is 0 Å². The summed E-state index contributed by atoms with van der Waals surface area (Å²) in [5.74, 6) is 4.52. The summed E-state index contributed by atoms with van der Waals surface area (Å²) in [6.45, 7) is 4.53. The summed E-state index contributed by atoms with van der Waals surface area (Å²) >= 11 is 1.52. The first-order chi connectivity index (χ1) is 18.4. The van der Waals surface area contributed by atoms with Crippen LogP contribution >= 0.6 is 11.8 Å². The van der Waals surface area contributed by atoms with Gasteiger partial charge < -0.3 is 25.3 Å². The lowest BCUT2D eigenvalue weighted by Crippen LogP contribution is -2.63. The Morgan fingerprint density at radius 2 is 2.00 bits per heavy atom. The Hall–Kier alpha value is -3.52. The average molecular weight is 540 g/mol. The number of ether oxygens (including phenoxy) is 1. The van der Waals surface area contributed by atoms with E-state index in [0.717, 1.165) is 16.3 Å². The molecule has 3 heterocycles. The lowest BCUT2D eigenvalue weighted by Gasteiger charge is -2.46. The molecule has 5 N–H and O–H groups in total. The molecule has 1 fully saturated rings. The molecule has 1 aromatic heterocycles. The predicted molar refractivity (Wildman–Crippen MR) is 138 cm³/mol. The van der Waals surface area contributed by atoms with Crippen molar-refractivity contribution < 1.29 is 24.3 Å². The fourth-order valence-corrected chi connectivity index (χ4v) is 6.24. The lowest BCUT2D eigenvalue weighted by molar-refractivity contribution is -0.164. The van der Waals surface area contributed by atoms with E-state index < -0.39 is 18.0 Å². The van der Waals surface area contributed by atoms with E-state index in [1.54, 1.807) is 11.6 Å². The molecule has 13 heteroatoms. The number of benzene rings is 2. The molecule has 0 saturated carbocycles. The normalized spacial score (nSPS) is 21.4. The molecule has 0 unspecified atom stereocenters. The first-order valence-electron chi connectivity index (χ1n) is 12.2. The van der Waals surface area contributed by atoms with E-state index in [9.17, 15) is 14.7 Å². The molecule has 12 nitrogen and oxygen atoms in total. The van der Waals surface area contributed by atoms with E-state index in [-0.39, 0.29) is 30.2 Å². The topological polar surface area (TPSA) is 172 Å². The third kappa shape index (κ3) is 4.41. The van der Waals surface area contributed by atoms with Gasteiger partial charge in [0.25, 0.3) is 0 Å². The highest BCUT2D eigenvalue weighted by Crippen LogP contribution is 2.47. The van der Waals surface area contributed by atoms with Gasteiger partial charge in [-0.05, 0) is 34.4 Å². The average Bonchev–Trinajstić information content (AvgIpc) is 3.45. The Balaban J connectivity index is 1.39. The smallest absolute Gasteiger partial charge is 0.373 e. The molecule has 4 atom stereocenters. The van der Waals surface area contributed by atoms with Crippen molar-refractivity contribution in [3.63, 3.8) is 0 Å². The summed E-state index contributed by atoms with van der Waals surface area (Å²) in [5.41, 5.74) is 7.43. The maximum atomic E-state index is 12.7. The molecular weight excluding hydrogens is 510 g/mol. The van der Waals surface area contributed by atoms with Gasteiger partial charge in [-0.3, -0.25) is 4.79 Å². The molecule has 2 aliphatic rings. The summed E-state index contributed by atoms with van der Waals surface area (Å²) in [5, 5.41) is 24.5. The number of aromatic nitrogens is 4. The number of hydrogen-bond acceptors (Lipinski definition) is 11. The van der Waals surface area contributed by atoms with Crippen molar-refractivity contribution in [3.8, 4) is 5.75 Å². The van der Waals surface area contributed by atoms with Crippen LogP contribution in [0.15, 0.2) is 52.8 Å². The molecular formula is C25H29N7O5S. The van der Waals surface area contributed by atoms with Gasteiger partial charge in [-0.1, -0.05) is 49.0 Å². The standard InChI is InChI=1S/C25H29N7O5S/c1-13-18(22(24(35)37-27)32-21(13)20(14(2)33)23(32)34)11-36-19-8-4-6-16-15(5-3-7-17(16)19)12-38-25-28-29-30-31(25)10-9-26/h3-8,13-14,20-21,33H,9-12,26-27H2,1-2H3/t13-,14+,20+,21+/m0/s1. The van der Waals surface area contributed by atoms with Crippen LogP contribution in [-0.4, -0.2) is 67.4 Å². The molecule has 1 saturated heterocycles. The van der Waals surface area contributed by atoms with Crippen LogP contribution < -0.4 is 16.4 Å². The number of tetrazole rings is 1. The molecule has 2 aromatic carbocycles. The number of aliphatic hydroxyl groups excluding tert-OH is 1. The highest BCUT2D eigenvalue weighted by molar-refractivity contribution is 7.98. The van der Waals surface area contributed by atoms with Gasteiger partial charge in [0, 0.05) is 29.2 Å². The van der Waals surface area contributed by atoms with Gasteiger partial charge in [0.15, 0.2) is 0 Å². The zero-order valence-electron chi connectivity index (χ0n) is 21.0. The molecule has 0 aliphatic carbocycles. The monoisotopic (exact) mass is 539 g/mol. The largest absolute Gasteiger partial charge is 0.488 e. The minimum absolute atomic E-state index is 0.0599. The maximum Gasteiger partial charge on any atom is 0.373 e. The molecule has 3 aromatic rings. The number of amides is 1. The van der Waals surface area contributed by atoms with Crippen molar-refractivity contribution >= 4 is 34.4 Å². The quantitative estimate of drug-likeness (QED) is 0.190. The van der Waals surface area contributed by atoms with Gasteiger partial charge in [0.05, 0.1) is 24.6 Å². The van der Waals surface area contributed by atoms with Gasteiger partial charge in [0.2, 0.25) is 11.1 Å². The SMILES string of the molecule is C[C@@H](O)[C@H]1C(=O)N2C(C(=O)ON)=C(COc3cccc4c(CSc5nnnn5CCN)cccc34)[C@H](C)[C@H]12. The minimum atomic E-state index is -0.837. The number of carbonyl (C=O) groups is 2. The van der Waals surface area contributed by atoms with Crippen LogP contribution in [0.25, 0.3) is 10.8 Å². The van der Waals surface area contributed by atoms with Crippen LogP contribution in [0.4, 0.5) is 0 Å². The van der Waals surface area contributed by atoms with Gasteiger partial charge in [-0.15, -0.1) is 5.10 Å². The zero-order valence-corrected chi connectivity index (χ0v) is 21.8. The Morgan fingerprint density at radius 3 is 2.74 bits per heavy atom. The van der Waals surface area contributed by atoms with Crippen molar-refractivity contribution in [3.05, 3.63) is 53.2 Å². The van der Waals surface area contributed by atoms with Crippen molar-refractivity contribution in [2.45, 2.75) is 43.4 Å². The van der Waals surface area contributed by atoms with Crippen molar-refractivity contribution in [2.75, 3.05) is 13.2 Å². The number of nitrogens with zero attached hydrogens (tertiary/aromatic N) is 5. The number of β-lactam (4-membered cyclic amide) rings is 1. The Labute approximate surface area is 222 Å². The molecule has 5 rings (SSSR count). The Bertz CT molecular complexity index is 1410. The summed E-state index contributed by atoms with van der Waals surface area (Å²) in [7, 11) is 0. The third-order valence-electron chi connectivity index (χ3n) is 7.17. The molecule has 0 radical (unpaired) electrons. The summed E-state index contributed by atoms with van der Waals surface area (Å²) in [4.78, 5) is 31.1. The van der Waals surface area contributed by atoms with Gasteiger partial charge in [0.1, 0.15) is 18.1 Å². The molecule has 200 valence electrons. The van der Waals surface area contributed by atoms with E-state index in [1.807, 2.05) is 43.3 Å². The zero-order chi connectivity index (χ0) is 27.0. The van der Waals surface area contributed by atoms with Gasteiger partial charge in [-0.2, -0.15) is 5.90 Å². The number of carbonyl (C=O) groups excluding carboxylic acids is 2. The third-order valence-corrected chi connectivity index (χ3v) is 8.17. The van der Waals surface area contributed by atoms with Gasteiger partial charge in [-0.25, -0.2) is 9.48 Å². The first-order valence-corrected chi connectivity index (χ1v) is 13.2. The number of fused-ring (bicyclic) bond motifs is 2. The highest BCUT2D eigenvalue weighted by atomic mass is 32.2. The molecule has 2 aliphatic heterocycles. The fourth-order valence-electron chi connectivity index (χ4n) is 5.34. The molecule has 0 spiro atoms. The minimum Gasteiger partial charge on any atom is -0.488 e. The number of aliphatic hydroxyl groups is 1. The number of thioether (sulfide) groups is 1. The van der Waals surface area contributed by atoms with E-state index in [0.29, 0.717) is 35.3 Å². The predicted octanol–water partition coefficient (Wildman–Crippen LogP) is 0.985. The molecule has 38 heavy (non-hydrogen) atoms. The Morgan fingerprint density at radius 1 is 1.24 bits per heavy atom. The number of nitrogens with two attached hydrogens (primary N) is 2. The van der Waals surface area contributed by atoms with Crippen LogP contribution in [0.5, 0.6) is 5.75 Å². The Kier molecular flexibility index (Phi) is 7.34. The lowest BCUT2D eigenvalue weighted by atomic mass is 9.78. The van der Waals surface area contributed by atoms with Crippen molar-refractivity contribution in [1.82, 2.24) is 25.1 Å². The summed E-state index contributed by atoms with van der Waals surface area (Å²) < 4.78 is 7.93. The van der Waals surface area contributed by atoms with Gasteiger partial charge >= 0.3 is 5.97 Å². The number of hydrogen-bond donors (Lipinski definition) is 3. The fraction of sp³-hybridized carbons (Fsp3) is 0.400. The van der Waals surface area contributed by atoms with Crippen LogP contribution in [0, 0.1) is 11.8 Å². The number of rotatable bonds is 10. The van der Waals surface area contributed by atoms with E-state index in [2.05, 4.69) is 20.4 Å². The molecule has 0 bridgehead atoms. The summed E-state index contributed by atoms with van der Waals surface area (Å²) in [6.07, 6.45) is -0.837. The molecule has 1 amide bonds.